The van der Waals surface area contributed by atoms with Gasteiger partial charge in [0.2, 0.25) is 5.43 Å². The minimum Gasteiger partial charge on any atom is -0.346 e. The van der Waals surface area contributed by atoms with E-state index >= 15 is 0 Å². The summed E-state index contributed by atoms with van der Waals surface area (Å²) >= 11 is 0. The number of carbonyl (C=O) groups excluding carboxylic acids is 1. The smallest absolute Gasteiger partial charge is 0.276 e. The number of nitrogens with zero attached hydrogens (tertiary/aromatic N) is 2. The third-order valence-corrected chi connectivity index (χ3v) is 3.52. The summed E-state index contributed by atoms with van der Waals surface area (Å²) in [5.41, 5.74) is 0.660. The highest BCUT2D eigenvalue weighted by Crippen LogP contribution is 2.08. The number of aryl methyl sites for hydroxylation is 1. The van der Waals surface area contributed by atoms with Gasteiger partial charge in [0.05, 0.1) is 5.52 Å². The van der Waals surface area contributed by atoms with Crippen molar-refractivity contribution in [3.05, 3.63) is 75.8 Å². The maximum atomic E-state index is 13.1. The van der Waals surface area contributed by atoms with Crippen LogP contribution in [0.2, 0.25) is 0 Å². The van der Waals surface area contributed by atoms with Crippen LogP contribution < -0.4 is 10.7 Å². The number of hydrogen-bond acceptors (Lipinski definition) is 3. The van der Waals surface area contributed by atoms with Crippen LogP contribution in [0.5, 0.6) is 0 Å². The first-order chi connectivity index (χ1) is 11.1. The molecular weight excluding hydrogens is 297 g/mol. The van der Waals surface area contributed by atoms with Gasteiger partial charge in [0.15, 0.2) is 5.69 Å². The fraction of sp³-hybridized carbons (Fsp3) is 0.118. The molecule has 0 radical (unpaired) electrons. The van der Waals surface area contributed by atoms with Gasteiger partial charge in [-0.1, -0.05) is 24.3 Å². The Morgan fingerprint density at radius 3 is 2.78 bits per heavy atom. The van der Waals surface area contributed by atoms with E-state index in [0.29, 0.717) is 16.5 Å². The van der Waals surface area contributed by atoms with E-state index in [2.05, 4.69) is 10.4 Å². The largest absolute Gasteiger partial charge is 0.346 e. The van der Waals surface area contributed by atoms with E-state index in [-0.39, 0.29) is 18.1 Å². The molecule has 1 N–H and O–H groups in total. The van der Waals surface area contributed by atoms with Crippen molar-refractivity contribution >= 4 is 16.8 Å². The Morgan fingerprint density at radius 2 is 2.00 bits per heavy atom. The number of nitrogens with one attached hydrogen (secondary N) is 1. The Labute approximate surface area is 131 Å². The number of hydrogen-bond donors (Lipinski definition) is 1. The fourth-order valence-corrected chi connectivity index (χ4v) is 2.39. The molecule has 0 saturated carbocycles. The lowest BCUT2D eigenvalue weighted by Gasteiger charge is -2.08. The predicted molar refractivity (Wildman–Crippen MR) is 84.6 cm³/mol. The molecule has 0 aliphatic rings. The third-order valence-electron chi connectivity index (χ3n) is 3.52. The molecule has 0 spiro atoms. The monoisotopic (exact) mass is 311 g/mol. The Kier molecular flexibility index (Phi) is 3.89. The molecule has 116 valence electrons. The zero-order chi connectivity index (χ0) is 16.4. The van der Waals surface area contributed by atoms with Crippen LogP contribution in [-0.2, 0) is 13.6 Å². The van der Waals surface area contributed by atoms with Crippen molar-refractivity contribution in [1.82, 2.24) is 15.1 Å². The van der Waals surface area contributed by atoms with Gasteiger partial charge in [-0.3, -0.25) is 14.3 Å². The molecule has 3 aromatic rings. The van der Waals surface area contributed by atoms with E-state index in [1.807, 2.05) is 0 Å². The van der Waals surface area contributed by atoms with Gasteiger partial charge >= 0.3 is 0 Å². The molecule has 6 heteroatoms. The number of rotatable bonds is 3. The maximum absolute atomic E-state index is 13.1. The minimum atomic E-state index is -0.583. The molecule has 1 aromatic heterocycles. The Morgan fingerprint density at radius 1 is 1.22 bits per heavy atom. The lowest BCUT2D eigenvalue weighted by molar-refractivity contribution is 0.0943. The lowest BCUT2D eigenvalue weighted by Crippen LogP contribution is -2.31. The van der Waals surface area contributed by atoms with Crippen LogP contribution in [0, 0.1) is 5.82 Å². The van der Waals surface area contributed by atoms with Crippen molar-refractivity contribution in [2.45, 2.75) is 6.54 Å². The number of aromatic nitrogens is 2. The third kappa shape index (κ3) is 2.96. The van der Waals surface area contributed by atoms with Crippen molar-refractivity contribution in [3.8, 4) is 0 Å². The van der Waals surface area contributed by atoms with Gasteiger partial charge in [-0.2, -0.15) is 5.10 Å². The predicted octanol–water partition coefficient (Wildman–Crippen LogP) is 2.00. The maximum Gasteiger partial charge on any atom is 0.276 e. The van der Waals surface area contributed by atoms with Crippen LogP contribution in [0.3, 0.4) is 0 Å². The second-order valence-corrected chi connectivity index (χ2v) is 5.13. The molecule has 1 heterocycles. The second-order valence-electron chi connectivity index (χ2n) is 5.13. The Bertz CT molecular complexity index is 950. The van der Waals surface area contributed by atoms with E-state index < -0.39 is 11.3 Å². The van der Waals surface area contributed by atoms with Gasteiger partial charge < -0.3 is 5.32 Å². The number of benzene rings is 2. The van der Waals surface area contributed by atoms with Gasteiger partial charge in [-0.05, 0) is 29.8 Å². The molecule has 23 heavy (non-hydrogen) atoms. The zero-order valence-corrected chi connectivity index (χ0v) is 12.4. The second kappa shape index (κ2) is 6.00. The first-order valence-electron chi connectivity index (χ1n) is 7.05. The van der Waals surface area contributed by atoms with E-state index in [9.17, 15) is 14.0 Å². The SMILES string of the molecule is Cn1nc(C(=O)NCc2cccc(F)c2)c(=O)c2ccccc21. The van der Waals surface area contributed by atoms with Crippen molar-refractivity contribution < 1.29 is 9.18 Å². The van der Waals surface area contributed by atoms with Gasteiger partial charge in [-0.25, -0.2) is 4.39 Å². The Hall–Kier alpha value is -3.02. The van der Waals surface area contributed by atoms with Crippen LogP contribution in [-0.4, -0.2) is 15.7 Å². The van der Waals surface area contributed by atoms with Gasteiger partial charge in [0, 0.05) is 19.0 Å². The van der Waals surface area contributed by atoms with E-state index in [0.717, 1.165) is 0 Å². The average Bonchev–Trinajstić information content (AvgIpc) is 2.56. The summed E-state index contributed by atoms with van der Waals surface area (Å²) in [6.07, 6.45) is 0. The topological polar surface area (TPSA) is 64.0 Å². The highest BCUT2D eigenvalue weighted by Gasteiger charge is 2.16. The minimum absolute atomic E-state index is 0.119. The van der Waals surface area contributed by atoms with Crippen LogP contribution in [0.1, 0.15) is 16.1 Å². The molecule has 0 fully saturated rings. The standard InChI is InChI=1S/C17H14FN3O2/c1-21-14-8-3-2-7-13(14)16(22)15(20-21)17(23)19-10-11-5-4-6-12(18)9-11/h2-9H,10H2,1H3,(H,19,23). The molecule has 0 aliphatic carbocycles. The van der Waals surface area contributed by atoms with Crippen molar-refractivity contribution in [2.75, 3.05) is 0 Å². The van der Waals surface area contributed by atoms with Crippen LogP contribution in [0.4, 0.5) is 4.39 Å². The molecule has 0 saturated heterocycles. The van der Waals surface area contributed by atoms with Gasteiger partial charge in [-0.15, -0.1) is 0 Å². The summed E-state index contributed by atoms with van der Waals surface area (Å²) in [6.45, 7) is 0.119. The van der Waals surface area contributed by atoms with Crippen molar-refractivity contribution in [1.29, 1.82) is 0 Å². The number of amides is 1. The first-order valence-corrected chi connectivity index (χ1v) is 7.05. The molecule has 2 aromatic carbocycles. The summed E-state index contributed by atoms with van der Waals surface area (Å²) in [7, 11) is 1.67. The van der Waals surface area contributed by atoms with Gasteiger partial charge in [0.1, 0.15) is 5.82 Å². The fourth-order valence-electron chi connectivity index (χ4n) is 2.39. The normalized spacial score (nSPS) is 10.7. The summed E-state index contributed by atoms with van der Waals surface area (Å²) in [5.74, 6) is -0.961. The van der Waals surface area contributed by atoms with Crippen molar-refractivity contribution in [3.63, 3.8) is 0 Å². The van der Waals surface area contributed by atoms with Crippen LogP contribution >= 0.6 is 0 Å². The van der Waals surface area contributed by atoms with E-state index in [1.165, 1.54) is 16.8 Å². The molecule has 1 amide bonds. The number of halogens is 1. The average molecular weight is 311 g/mol. The number of carbonyl (C=O) groups is 1. The van der Waals surface area contributed by atoms with Crippen LogP contribution in [0.25, 0.3) is 10.9 Å². The summed E-state index contributed by atoms with van der Waals surface area (Å²) in [5, 5.41) is 7.07. The van der Waals surface area contributed by atoms with Crippen molar-refractivity contribution in [2.24, 2.45) is 7.05 Å². The molecular formula is C17H14FN3O2. The molecule has 0 atom stereocenters. The number of fused-ring (bicyclic) bond motifs is 1. The summed E-state index contributed by atoms with van der Waals surface area (Å²) in [4.78, 5) is 24.6. The number of para-hydroxylation sites is 1. The lowest BCUT2D eigenvalue weighted by atomic mass is 10.2. The molecule has 0 unspecified atom stereocenters. The molecule has 3 rings (SSSR count). The summed E-state index contributed by atoms with van der Waals surface area (Å²) in [6, 6.07) is 12.9. The molecule has 0 aliphatic heterocycles. The van der Waals surface area contributed by atoms with Gasteiger partial charge in [0.25, 0.3) is 5.91 Å². The van der Waals surface area contributed by atoms with E-state index in [4.69, 9.17) is 0 Å². The molecule has 0 bridgehead atoms. The summed E-state index contributed by atoms with van der Waals surface area (Å²) < 4.78 is 14.6. The molecule has 5 nitrogen and oxygen atoms in total. The quantitative estimate of drug-likeness (QED) is 0.804. The highest BCUT2D eigenvalue weighted by atomic mass is 19.1. The highest BCUT2D eigenvalue weighted by molar-refractivity contribution is 5.95. The van der Waals surface area contributed by atoms with Crippen LogP contribution in [0.15, 0.2) is 53.3 Å². The van der Waals surface area contributed by atoms with E-state index in [1.54, 1.807) is 43.4 Å². The Balaban J connectivity index is 1.89. The first kappa shape index (κ1) is 14.9. The zero-order valence-electron chi connectivity index (χ0n) is 12.4.